The summed E-state index contributed by atoms with van der Waals surface area (Å²) >= 11 is 0. The molecule has 0 unspecified atom stereocenters. The van der Waals surface area contributed by atoms with E-state index in [1.165, 1.54) is 6.33 Å². The Kier molecular flexibility index (Phi) is 5.03. The number of anilines is 1. The average molecular weight is 456 g/mol. The number of halogens is 1. The van der Waals surface area contributed by atoms with Crippen LogP contribution in [0.2, 0.25) is 0 Å². The van der Waals surface area contributed by atoms with Crippen molar-refractivity contribution in [3.05, 3.63) is 78.3 Å². The Hall–Kier alpha value is -4.11. The summed E-state index contributed by atoms with van der Waals surface area (Å²) in [5.41, 5.74) is 4.58. The van der Waals surface area contributed by atoms with E-state index in [4.69, 9.17) is 4.74 Å². The van der Waals surface area contributed by atoms with E-state index >= 15 is 4.39 Å². The monoisotopic (exact) mass is 456 g/mol. The third kappa shape index (κ3) is 3.69. The molecule has 6 rings (SSSR count). The molecule has 1 aliphatic heterocycles. The predicted octanol–water partition coefficient (Wildman–Crippen LogP) is 3.61. The number of imidazole rings is 1. The van der Waals surface area contributed by atoms with Crippen molar-refractivity contribution in [3.63, 3.8) is 0 Å². The van der Waals surface area contributed by atoms with Gasteiger partial charge in [0.05, 0.1) is 30.1 Å². The molecule has 0 bridgehead atoms. The maximum Gasteiger partial charge on any atom is 0.153 e. The molecule has 0 amide bonds. The highest BCUT2D eigenvalue weighted by Crippen LogP contribution is 2.34. The van der Waals surface area contributed by atoms with E-state index in [2.05, 4.69) is 25.0 Å². The predicted molar refractivity (Wildman–Crippen MR) is 125 cm³/mol. The maximum atomic E-state index is 15.0. The highest BCUT2D eigenvalue weighted by atomic mass is 19.1. The third-order valence-electron chi connectivity index (χ3n) is 6.10. The van der Waals surface area contributed by atoms with Crippen molar-refractivity contribution in [2.45, 2.75) is 6.42 Å². The minimum absolute atomic E-state index is 0.123. The molecule has 1 saturated heterocycles. The van der Waals surface area contributed by atoms with E-state index in [0.717, 1.165) is 47.1 Å². The fourth-order valence-electron chi connectivity index (χ4n) is 4.35. The molecule has 170 valence electrons. The van der Waals surface area contributed by atoms with E-state index in [9.17, 15) is 5.11 Å². The molecule has 0 saturated carbocycles. The summed E-state index contributed by atoms with van der Waals surface area (Å²) in [7, 11) is 0. The van der Waals surface area contributed by atoms with Crippen LogP contribution in [0.25, 0.3) is 27.8 Å². The number of phenolic OH excluding ortho intramolecular Hbond substituents is 1. The number of phenols is 1. The van der Waals surface area contributed by atoms with Crippen molar-refractivity contribution in [2.24, 2.45) is 0 Å². The van der Waals surface area contributed by atoms with E-state index in [0.29, 0.717) is 36.5 Å². The molecule has 1 aliphatic rings. The van der Waals surface area contributed by atoms with Crippen LogP contribution in [0, 0.1) is 5.82 Å². The quantitative estimate of drug-likeness (QED) is 0.442. The van der Waals surface area contributed by atoms with Gasteiger partial charge in [-0.15, -0.1) is 0 Å². The Balaban J connectivity index is 1.39. The van der Waals surface area contributed by atoms with Gasteiger partial charge in [-0.25, -0.2) is 23.9 Å². The van der Waals surface area contributed by atoms with Crippen molar-refractivity contribution in [3.8, 4) is 17.0 Å². The molecule has 8 nitrogen and oxygen atoms in total. The Labute approximate surface area is 194 Å². The third-order valence-corrected chi connectivity index (χ3v) is 6.10. The summed E-state index contributed by atoms with van der Waals surface area (Å²) < 4.78 is 22.2. The first-order chi connectivity index (χ1) is 16.7. The first-order valence-electron chi connectivity index (χ1n) is 11.0. The zero-order valence-electron chi connectivity index (χ0n) is 18.2. The summed E-state index contributed by atoms with van der Waals surface area (Å²) in [5, 5.41) is 15.7. The molecule has 2 aromatic carbocycles. The Morgan fingerprint density at radius 2 is 1.88 bits per heavy atom. The SMILES string of the molecule is Oc1cc(F)c(-c2ncnc3cc(N4CCOCC4)ccc23)cc1Cc1ccc2nccn2n1. The molecular formula is C25H21FN6O2. The van der Waals surface area contributed by atoms with Crippen molar-refractivity contribution in [2.75, 3.05) is 31.2 Å². The topological polar surface area (TPSA) is 88.7 Å². The van der Waals surface area contributed by atoms with Crippen LogP contribution in [0.4, 0.5) is 10.1 Å². The van der Waals surface area contributed by atoms with Gasteiger partial charge in [-0.2, -0.15) is 5.10 Å². The van der Waals surface area contributed by atoms with Gasteiger partial charge in [-0.3, -0.25) is 0 Å². The van der Waals surface area contributed by atoms with E-state index in [1.54, 1.807) is 23.0 Å². The number of benzene rings is 2. The summed E-state index contributed by atoms with van der Waals surface area (Å²) in [5.74, 6) is -0.668. The van der Waals surface area contributed by atoms with Crippen molar-refractivity contribution >= 4 is 22.2 Å². The van der Waals surface area contributed by atoms with Crippen LogP contribution in [-0.4, -0.2) is 56.0 Å². The van der Waals surface area contributed by atoms with Gasteiger partial charge in [0.15, 0.2) is 5.65 Å². The van der Waals surface area contributed by atoms with Gasteiger partial charge in [0.1, 0.15) is 17.9 Å². The minimum atomic E-state index is -0.545. The van der Waals surface area contributed by atoms with E-state index in [1.807, 2.05) is 30.3 Å². The van der Waals surface area contributed by atoms with Crippen LogP contribution >= 0.6 is 0 Å². The summed E-state index contributed by atoms with van der Waals surface area (Å²) in [6.45, 7) is 3.02. The molecule has 3 aromatic heterocycles. The zero-order chi connectivity index (χ0) is 23.1. The Morgan fingerprint density at radius 3 is 2.76 bits per heavy atom. The molecule has 0 spiro atoms. The van der Waals surface area contributed by atoms with Crippen LogP contribution in [0.3, 0.4) is 0 Å². The molecule has 34 heavy (non-hydrogen) atoms. The molecule has 9 heteroatoms. The van der Waals surface area contributed by atoms with Crippen molar-refractivity contribution < 1.29 is 14.2 Å². The number of ether oxygens (including phenoxy) is 1. The molecule has 4 heterocycles. The molecule has 0 radical (unpaired) electrons. The van der Waals surface area contributed by atoms with Crippen LogP contribution in [-0.2, 0) is 11.2 Å². The van der Waals surface area contributed by atoms with Gasteiger partial charge in [-0.1, -0.05) is 0 Å². The van der Waals surface area contributed by atoms with Crippen LogP contribution in [0.5, 0.6) is 5.75 Å². The number of aromatic nitrogens is 5. The largest absolute Gasteiger partial charge is 0.508 e. The maximum absolute atomic E-state index is 15.0. The van der Waals surface area contributed by atoms with Crippen LogP contribution < -0.4 is 4.90 Å². The second kappa shape index (κ2) is 8.35. The Bertz CT molecular complexity index is 1510. The normalized spacial score (nSPS) is 14.2. The fourth-order valence-corrected chi connectivity index (χ4v) is 4.35. The lowest BCUT2D eigenvalue weighted by molar-refractivity contribution is 0.122. The van der Waals surface area contributed by atoms with Crippen LogP contribution in [0.15, 0.2) is 61.2 Å². The fraction of sp³-hybridized carbons (Fsp3) is 0.200. The second-order valence-corrected chi connectivity index (χ2v) is 8.22. The number of hydrogen-bond donors (Lipinski definition) is 1. The molecule has 5 aromatic rings. The zero-order valence-corrected chi connectivity index (χ0v) is 18.2. The average Bonchev–Trinajstić information content (AvgIpc) is 3.34. The van der Waals surface area contributed by atoms with E-state index < -0.39 is 5.82 Å². The summed E-state index contributed by atoms with van der Waals surface area (Å²) in [6.07, 6.45) is 5.20. The molecule has 0 aliphatic carbocycles. The lowest BCUT2D eigenvalue weighted by Crippen LogP contribution is -2.36. The lowest BCUT2D eigenvalue weighted by Gasteiger charge is -2.29. The smallest absolute Gasteiger partial charge is 0.153 e. The number of morpholine rings is 1. The highest BCUT2D eigenvalue weighted by Gasteiger charge is 2.18. The van der Waals surface area contributed by atoms with Crippen molar-refractivity contribution in [1.29, 1.82) is 0 Å². The molecule has 0 atom stereocenters. The van der Waals surface area contributed by atoms with Crippen molar-refractivity contribution in [1.82, 2.24) is 24.6 Å². The van der Waals surface area contributed by atoms with Gasteiger partial charge in [0, 0.05) is 60.2 Å². The number of rotatable bonds is 4. The van der Waals surface area contributed by atoms with Gasteiger partial charge < -0.3 is 14.7 Å². The highest BCUT2D eigenvalue weighted by molar-refractivity contribution is 5.94. The standard InChI is InChI=1S/C25H21FN6O2/c26-21-14-23(33)16(11-17-1-4-24-27-5-6-32(24)30-17)12-20(21)25-19-3-2-18(13-22(19)28-15-29-25)31-7-9-34-10-8-31/h1-6,12-15,33H,7-11H2. The van der Waals surface area contributed by atoms with E-state index in [-0.39, 0.29) is 5.75 Å². The first-order valence-corrected chi connectivity index (χ1v) is 11.0. The first kappa shape index (κ1) is 20.5. The molecular weight excluding hydrogens is 435 g/mol. The number of hydrogen-bond acceptors (Lipinski definition) is 7. The van der Waals surface area contributed by atoms with Gasteiger partial charge in [-0.05, 0) is 36.4 Å². The number of nitrogens with zero attached hydrogens (tertiary/aromatic N) is 6. The number of fused-ring (bicyclic) bond motifs is 2. The Morgan fingerprint density at radius 1 is 1.00 bits per heavy atom. The second-order valence-electron chi connectivity index (χ2n) is 8.22. The minimum Gasteiger partial charge on any atom is -0.508 e. The molecule has 1 fully saturated rings. The summed E-state index contributed by atoms with van der Waals surface area (Å²) in [6, 6.07) is 12.4. The lowest BCUT2D eigenvalue weighted by atomic mass is 10.00. The summed E-state index contributed by atoms with van der Waals surface area (Å²) in [4.78, 5) is 15.3. The van der Waals surface area contributed by atoms with Gasteiger partial charge in [0.25, 0.3) is 0 Å². The number of aromatic hydroxyl groups is 1. The van der Waals surface area contributed by atoms with Gasteiger partial charge >= 0.3 is 0 Å². The van der Waals surface area contributed by atoms with Crippen LogP contribution in [0.1, 0.15) is 11.3 Å². The van der Waals surface area contributed by atoms with Gasteiger partial charge in [0.2, 0.25) is 0 Å². The molecule has 1 N–H and O–H groups in total.